The van der Waals surface area contributed by atoms with E-state index >= 15 is 0 Å². The van der Waals surface area contributed by atoms with E-state index in [9.17, 15) is 33.6 Å². The molecule has 0 bridgehead atoms. The van der Waals surface area contributed by atoms with Crippen molar-refractivity contribution in [3.63, 3.8) is 0 Å². The van der Waals surface area contributed by atoms with Gasteiger partial charge in [0, 0.05) is 105 Å². The van der Waals surface area contributed by atoms with Gasteiger partial charge in [0.05, 0.1) is 98.9 Å². The number of rotatable bonds is 52. The molecular weight excluding hydrogens is 927 g/mol. The zero-order valence-corrected chi connectivity index (χ0v) is 41.1. The maximum Gasteiger partial charge on any atom is 0.246 e. The smallest absolute Gasteiger partial charge is 0.246 e. The Balaban J connectivity index is 5.10. The number of hydrogen-bond acceptors (Lipinski definition) is 22. The topological polar surface area (TPSA) is 379 Å². The summed E-state index contributed by atoms with van der Waals surface area (Å²) in [4.78, 5) is 92.1. The standard InChI is InChI=1S/C42H85N13O15/c43-1-19-63-23-27-67-33-39(59)49-7-13-54(14-8-50-40(60)34-68-28-24-64-20-2-44)31-37(57)47-5-11-53(17-18-56)12-6-48-38(58)32-55(15-9-51-41(61)35-69-29-25-65-21-3-45)16-10-52-42(62)36-70-30-26-66-22-4-46/h18H,1-17,19-36,43-46H2,(H,47,57)(H,48,58)(H,49,59)(H,50,60)(H,51,61)(H,52,62). The molecule has 408 valence electrons. The van der Waals surface area contributed by atoms with Crippen LogP contribution in [0.3, 0.4) is 0 Å². The summed E-state index contributed by atoms with van der Waals surface area (Å²) in [6, 6.07) is 0. The van der Waals surface area contributed by atoms with E-state index in [2.05, 4.69) is 31.9 Å². The van der Waals surface area contributed by atoms with E-state index in [1.54, 1.807) is 14.7 Å². The first-order chi connectivity index (χ1) is 34.1. The lowest BCUT2D eigenvalue weighted by molar-refractivity contribution is -0.127. The average Bonchev–Trinajstić information content (AvgIpc) is 3.33. The molecule has 0 saturated carbocycles. The zero-order valence-electron chi connectivity index (χ0n) is 41.1. The van der Waals surface area contributed by atoms with E-state index in [4.69, 9.17) is 60.8 Å². The first-order valence-corrected chi connectivity index (χ1v) is 23.7. The molecule has 28 heteroatoms. The predicted molar refractivity (Wildman–Crippen MR) is 256 cm³/mol. The maximum atomic E-state index is 13.1. The van der Waals surface area contributed by atoms with Crippen LogP contribution >= 0.6 is 0 Å². The second-order valence-corrected chi connectivity index (χ2v) is 14.9. The van der Waals surface area contributed by atoms with Crippen LogP contribution in [0.1, 0.15) is 0 Å². The Morgan fingerprint density at radius 2 is 0.557 bits per heavy atom. The van der Waals surface area contributed by atoms with Gasteiger partial charge in [0.25, 0.3) is 0 Å². The molecule has 0 aliphatic heterocycles. The average molecular weight is 1010 g/mol. The lowest BCUT2D eigenvalue weighted by Gasteiger charge is -2.24. The van der Waals surface area contributed by atoms with Crippen LogP contribution in [0.5, 0.6) is 0 Å². The van der Waals surface area contributed by atoms with Crippen molar-refractivity contribution in [3.8, 4) is 0 Å². The Morgan fingerprint density at radius 1 is 0.329 bits per heavy atom. The Kier molecular flexibility index (Phi) is 46.9. The van der Waals surface area contributed by atoms with Crippen LogP contribution in [0.2, 0.25) is 0 Å². The summed E-state index contributed by atoms with van der Waals surface area (Å²) in [7, 11) is 0. The third kappa shape index (κ3) is 45.1. The summed E-state index contributed by atoms with van der Waals surface area (Å²) < 4.78 is 42.1. The first-order valence-electron chi connectivity index (χ1n) is 23.7. The normalized spacial score (nSPS) is 11.2. The second kappa shape index (κ2) is 49.9. The molecule has 0 atom stereocenters. The Labute approximate surface area is 412 Å². The molecule has 0 aromatic carbocycles. The van der Waals surface area contributed by atoms with Gasteiger partial charge in [-0.25, -0.2) is 0 Å². The molecule has 0 spiro atoms. The van der Waals surface area contributed by atoms with Crippen molar-refractivity contribution in [2.45, 2.75) is 0 Å². The highest BCUT2D eigenvalue weighted by atomic mass is 16.5. The number of nitrogens with one attached hydrogen (secondary N) is 6. The van der Waals surface area contributed by atoms with Gasteiger partial charge < -0.3 is 97.5 Å². The van der Waals surface area contributed by atoms with Crippen molar-refractivity contribution in [2.75, 3.05) is 230 Å². The minimum Gasteiger partial charge on any atom is -0.378 e. The van der Waals surface area contributed by atoms with Crippen molar-refractivity contribution in [1.82, 2.24) is 46.6 Å². The monoisotopic (exact) mass is 1010 g/mol. The molecule has 0 radical (unpaired) electrons. The van der Waals surface area contributed by atoms with Gasteiger partial charge in [-0.3, -0.25) is 43.5 Å². The number of amides is 6. The molecule has 70 heavy (non-hydrogen) atoms. The van der Waals surface area contributed by atoms with Crippen LogP contribution in [0.15, 0.2) is 0 Å². The zero-order chi connectivity index (χ0) is 51.6. The second-order valence-electron chi connectivity index (χ2n) is 14.9. The fraction of sp³-hybridized carbons (Fsp3) is 0.833. The number of carbonyl (C=O) groups is 7. The van der Waals surface area contributed by atoms with Crippen LogP contribution in [0.4, 0.5) is 0 Å². The van der Waals surface area contributed by atoms with Crippen LogP contribution in [0, 0.1) is 0 Å². The molecule has 0 aliphatic rings. The van der Waals surface area contributed by atoms with Crippen LogP contribution < -0.4 is 54.8 Å². The van der Waals surface area contributed by atoms with Gasteiger partial charge in [-0.2, -0.15) is 0 Å². The lowest BCUT2D eigenvalue weighted by Crippen LogP contribution is -2.47. The molecule has 0 saturated heterocycles. The molecule has 0 aromatic heterocycles. The molecule has 0 aromatic rings. The highest BCUT2D eigenvalue weighted by Crippen LogP contribution is 1.92. The number of hydrogen-bond donors (Lipinski definition) is 10. The number of aldehydes is 1. The number of nitrogens with zero attached hydrogens (tertiary/aromatic N) is 3. The maximum absolute atomic E-state index is 13.1. The summed E-state index contributed by atoms with van der Waals surface area (Å²) in [5.74, 6) is -2.04. The van der Waals surface area contributed by atoms with Crippen molar-refractivity contribution < 1.29 is 71.5 Å². The van der Waals surface area contributed by atoms with E-state index in [0.717, 1.165) is 6.29 Å². The Morgan fingerprint density at radius 3 is 0.800 bits per heavy atom. The van der Waals surface area contributed by atoms with E-state index in [1.165, 1.54) is 0 Å². The molecule has 0 rings (SSSR count). The van der Waals surface area contributed by atoms with Crippen molar-refractivity contribution in [2.24, 2.45) is 22.9 Å². The van der Waals surface area contributed by atoms with Gasteiger partial charge >= 0.3 is 0 Å². The van der Waals surface area contributed by atoms with E-state index in [-0.39, 0.29) is 173 Å². The minimum absolute atomic E-state index is 0.0482. The molecule has 6 amide bonds. The van der Waals surface area contributed by atoms with Gasteiger partial charge in [0.2, 0.25) is 35.4 Å². The van der Waals surface area contributed by atoms with E-state index in [1.807, 2.05) is 0 Å². The Bertz CT molecular complexity index is 1190. The van der Waals surface area contributed by atoms with Crippen molar-refractivity contribution in [1.29, 1.82) is 0 Å². The summed E-state index contributed by atoms with van der Waals surface area (Å²) >= 11 is 0. The van der Waals surface area contributed by atoms with Crippen LogP contribution in [-0.2, 0) is 71.5 Å². The summed E-state index contributed by atoms with van der Waals surface area (Å²) in [6.45, 7) is 7.40. The molecule has 0 unspecified atom stereocenters. The van der Waals surface area contributed by atoms with Gasteiger partial charge in [0.15, 0.2) is 0 Å². The molecule has 0 aliphatic carbocycles. The van der Waals surface area contributed by atoms with Crippen molar-refractivity contribution >= 4 is 41.7 Å². The van der Waals surface area contributed by atoms with Gasteiger partial charge in [-0.05, 0) is 0 Å². The number of ether oxygens (including phenoxy) is 8. The van der Waals surface area contributed by atoms with E-state index < -0.39 is 0 Å². The molecule has 0 heterocycles. The third-order valence-corrected chi connectivity index (χ3v) is 9.04. The largest absolute Gasteiger partial charge is 0.378 e. The van der Waals surface area contributed by atoms with E-state index in [0.29, 0.717) is 92.1 Å². The number of nitrogens with two attached hydrogens (primary N) is 4. The summed E-state index contributed by atoms with van der Waals surface area (Å²) in [6.07, 6.45) is 0.723. The molecule has 28 nitrogen and oxygen atoms in total. The fourth-order valence-corrected chi connectivity index (χ4v) is 5.65. The van der Waals surface area contributed by atoms with Gasteiger partial charge in [-0.1, -0.05) is 0 Å². The van der Waals surface area contributed by atoms with Crippen LogP contribution in [-0.4, -0.2) is 286 Å². The third-order valence-electron chi connectivity index (χ3n) is 9.04. The highest BCUT2D eigenvalue weighted by Gasteiger charge is 2.16. The van der Waals surface area contributed by atoms with Gasteiger partial charge in [-0.15, -0.1) is 0 Å². The highest BCUT2D eigenvalue weighted by molar-refractivity contribution is 5.79. The number of carbonyl (C=O) groups excluding carboxylic acids is 7. The quantitative estimate of drug-likeness (QED) is 0.0200. The van der Waals surface area contributed by atoms with Crippen molar-refractivity contribution in [3.05, 3.63) is 0 Å². The van der Waals surface area contributed by atoms with Crippen LogP contribution in [0.25, 0.3) is 0 Å². The summed E-state index contributed by atoms with van der Waals surface area (Å²) in [5, 5.41) is 16.7. The Hall–Kier alpha value is -4.11. The van der Waals surface area contributed by atoms with Gasteiger partial charge in [0.1, 0.15) is 32.7 Å². The minimum atomic E-state index is -0.345. The first kappa shape index (κ1) is 65.9. The molecule has 0 fully saturated rings. The lowest BCUT2D eigenvalue weighted by atomic mass is 10.3. The molecule has 14 N–H and O–H groups in total. The molecular formula is C42H85N13O15. The predicted octanol–water partition coefficient (Wildman–Crippen LogP) is -8.24. The SMILES string of the molecule is NCCOCCOCC(=O)NCCN(CCNC(=O)COCCOCCN)CC(=O)NCCN(CC=O)CCNC(=O)CN(CCNC(=O)COCCOCCN)CCNC(=O)COCCOCCN. The summed E-state index contributed by atoms with van der Waals surface area (Å²) in [5.41, 5.74) is 21.5. The fourth-order valence-electron chi connectivity index (χ4n) is 5.65.